The summed E-state index contributed by atoms with van der Waals surface area (Å²) in [5.74, 6) is 0.513. The van der Waals surface area contributed by atoms with Crippen LogP contribution in [0, 0.1) is 11.7 Å². The topological polar surface area (TPSA) is 24.1 Å². The van der Waals surface area contributed by atoms with Gasteiger partial charge in [0.05, 0.1) is 0 Å². The first-order chi connectivity index (χ1) is 7.68. The van der Waals surface area contributed by atoms with Crippen molar-refractivity contribution in [1.82, 2.24) is 10.6 Å². The summed E-state index contributed by atoms with van der Waals surface area (Å²) in [4.78, 5) is 0. The van der Waals surface area contributed by atoms with Crippen LogP contribution in [0.1, 0.15) is 19.4 Å². The SMILES string of the molecule is CC(C)CNCCNCc1ccc(F)cc1. The predicted molar refractivity (Wildman–Crippen MR) is 65.8 cm³/mol. The number of benzene rings is 1. The lowest BCUT2D eigenvalue weighted by Gasteiger charge is -2.08. The monoisotopic (exact) mass is 224 g/mol. The fraction of sp³-hybridized carbons (Fsp3) is 0.538. The van der Waals surface area contributed by atoms with Crippen molar-refractivity contribution >= 4 is 0 Å². The first-order valence-electron chi connectivity index (χ1n) is 5.84. The van der Waals surface area contributed by atoms with Crippen LogP contribution >= 0.6 is 0 Å². The molecule has 0 fully saturated rings. The van der Waals surface area contributed by atoms with Gasteiger partial charge in [-0.2, -0.15) is 0 Å². The zero-order valence-corrected chi connectivity index (χ0v) is 10.1. The van der Waals surface area contributed by atoms with E-state index in [1.807, 2.05) is 12.1 Å². The molecule has 0 spiro atoms. The quantitative estimate of drug-likeness (QED) is 0.694. The first-order valence-corrected chi connectivity index (χ1v) is 5.84. The average molecular weight is 224 g/mol. The van der Waals surface area contributed by atoms with Crippen LogP contribution in [0.15, 0.2) is 24.3 Å². The normalized spacial score (nSPS) is 11.0. The first kappa shape index (κ1) is 13.1. The molecule has 1 aromatic carbocycles. The zero-order chi connectivity index (χ0) is 11.8. The van der Waals surface area contributed by atoms with E-state index in [0.29, 0.717) is 5.92 Å². The Morgan fingerprint density at radius 1 is 1.06 bits per heavy atom. The van der Waals surface area contributed by atoms with E-state index in [9.17, 15) is 4.39 Å². The minimum atomic E-state index is -0.178. The van der Waals surface area contributed by atoms with Crippen molar-refractivity contribution in [3.63, 3.8) is 0 Å². The molecule has 0 atom stereocenters. The maximum absolute atomic E-state index is 12.6. The highest BCUT2D eigenvalue weighted by Crippen LogP contribution is 2.01. The highest BCUT2D eigenvalue weighted by molar-refractivity contribution is 5.15. The third-order valence-electron chi connectivity index (χ3n) is 2.27. The summed E-state index contributed by atoms with van der Waals surface area (Å²) in [6.07, 6.45) is 0. The molecular formula is C13H21FN2. The van der Waals surface area contributed by atoms with Gasteiger partial charge in [0.1, 0.15) is 5.82 Å². The average Bonchev–Trinajstić information content (AvgIpc) is 2.25. The Hall–Kier alpha value is -0.930. The summed E-state index contributed by atoms with van der Waals surface area (Å²) in [5, 5.41) is 6.67. The van der Waals surface area contributed by atoms with Crippen molar-refractivity contribution < 1.29 is 4.39 Å². The van der Waals surface area contributed by atoms with Crippen LogP contribution < -0.4 is 10.6 Å². The van der Waals surface area contributed by atoms with Gasteiger partial charge in [-0.05, 0) is 30.2 Å². The van der Waals surface area contributed by atoms with Gasteiger partial charge in [-0.15, -0.1) is 0 Å². The lowest BCUT2D eigenvalue weighted by molar-refractivity contribution is 0.535. The molecule has 0 radical (unpaired) electrons. The van der Waals surface area contributed by atoms with Gasteiger partial charge >= 0.3 is 0 Å². The molecule has 0 amide bonds. The van der Waals surface area contributed by atoms with Crippen LogP contribution in [0.3, 0.4) is 0 Å². The maximum atomic E-state index is 12.6. The number of rotatable bonds is 7. The van der Waals surface area contributed by atoms with E-state index in [0.717, 1.165) is 31.7 Å². The van der Waals surface area contributed by atoms with E-state index in [1.54, 1.807) is 0 Å². The minimum absolute atomic E-state index is 0.178. The van der Waals surface area contributed by atoms with Gasteiger partial charge in [-0.3, -0.25) is 0 Å². The van der Waals surface area contributed by atoms with Crippen molar-refractivity contribution in [2.24, 2.45) is 5.92 Å². The third-order valence-corrected chi connectivity index (χ3v) is 2.27. The Morgan fingerprint density at radius 2 is 1.69 bits per heavy atom. The van der Waals surface area contributed by atoms with Gasteiger partial charge in [0.25, 0.3) is 0 Å². The zero-order valence-electron chi connectivity index (χ0n) is 10.1. The van der Waals surface area contributed by atoms with E-state index in [4.69, 9.17) is 0 Å². The number of hydrogen-bond acceptors (Lipinski definition) is 2. The molecule has 0 aliphatic heterocycles. The fourth-order valence-corrected chi connectivity index (χ4v) is 1.40. The Balaban J connectivity index is 2.05. The maximum Gasteiger partial charge on any atom is 0.123 e. The Bertz CT molecular complexity index is 282. The van der Waals surface area contributed by atoms with E-state index in [1.165, 1.54) is 12.1 Å². The molecular weight excluding hydrogens is 203 g/mol. The van der Waals surface area contributed by atoms with Crippen LogP contribution in [-0.4, -0.2) is 19.6 Å². The van der Waals surface area contributed by atoms with E-state index in [2.05, 4.69) is 24.5 Å². The Kier molecular flexibility index (Phi) is 6.04. The number of hydrogen-bond donors (Lipinski definition) is 2. The van der Waals surface area contributed by atoms with Gasteiger partial charge < -0.3 is 10.6 Å². The van der Waals surface area contributed by atoms with E-state index >= 15 is 0 Å². The molecule has 0 aliphatic carbocycles. The molecule has 0 aromatic heterocycles. The smallest absolute Gasteiger partial charge is 0.123 e. The van der Waals surface area contributed by atoms with Crippen molar-refractivity contribution in [1.29, 1.82) is 0 Å². The third kappa shape index (κ3) is 5.83. The highest BCUT2D eigenvalue weighted by atomic mass is 19.1. The largest absolute Gasteiger partial charge is 0.315 e. The van der Waals surface area contributed by atoms with Crippen LogP contribution in [0.5, 0.6) is 0 Å². The summed E-state index contributed by atoms with van der Waals surface area (Å²) in [7, 11) is 0. The predicted octanol–water partition coefficient (Wildman–Crippen LogP) is 2.16. The molecule has 3 heteroatoms. The number of halogens is 1. The molecule has 0 aliphatic rings. The van der Waals surface area contributed by atoms with E-state index in [-0.39, 0.29) is 5.82 Å². The lowest BCUT2D eigenvalue weighted by Crippen LogP contribution is -2.29. The standard InChI is InChI=1S/C13H21FN2/c1-11(2)9-15-7-8-16-10-12-3-5-13(14)6-4-12/h3-6,11,15-16H,7-10H2,1-2H3. The summed E-state index contributed by atoms with van der Waals surface area (Å²) in [5.41, 5.74) is 1.12. The molecule has 0 saturated heterocycles. The van der Waals surface area contributed by atoms with Gasteiger partial charge in [0.2, 0.25) is 0 Å². The van der Waals surface area contributed by atoms with Gasteiger partial charge in [-0.1, -0.05) is 26.0 Å². The Morgan fingerprint density at radius 3 is 2.31 bits per heavy atom. The molecule has 0 heterocycles. The second-order valence-corrected chi connectivity index (χ2v) is 4.40. The van der Waals surface area contributed by atoms with Crippen LogP contribution in [0.2, 0.25) is 0 Å². The molecule has 2 N–H and O–H groups in total. The van der Waals surface area contributed by atoms with Gasteiger partial charge in [0, 0.05) is 19.6 Å². The molecule has 1 aromatic rings. The second kappa shape index (κ2) is 7.36. The fourth-order valence-electron chi connectivity index (χ4n) is 1.40. The molecule has 90 valence electrons. The van der Waals surface area contributed by atoms with Crippen LogP contribution in [-0.2, 0) is 6.54 Å². The van der Waals surface area contributed by atoms with Crippen LogP contribution in [0.25, 0.3) is 0 Å². The van der Waals surface area contributed by atoms with Crippen molar-refractivity contribution in [3.05, 3.63) is 35.6 Å². The molecule has 16 heavy (non-hydrogen) atoms. The summed E-state index contributed by atoms with van der Waals surface area (Å²) < 4.78 is 12.6. The van der Waals surface area contributed by atoms with Crippen molar-refractivity contribution in [2.75, 3.05) is 19.6 Å². The minimum Gasteiger partial charge on any atom is -0.315 e. The molecule has 1 rings (SSSR count). The number of nitrogens with one attached hydrogen (secondary N) is 2. The summed E-state index contributed by atoms with van der Waals surface area (Å²) >= 11 is 0. The lowest BCUT2D eigenvalue weighted by atomic mass is 10.2. The molecule has 0 saturated carbocycles. The van der Waals surface area contributed by atoms with Gasteiger partial charge in [-0.25, -0.2) is 4.39 Å². The Labute approximate surface area is 97.3 Å². The molecule has 0 unspecified atom stereocenters. The highest BCUT2D eigenvalue weighted by Gasteiger charge is 1.94. The summed E-state index contributed by atoms with van der Waals surface area (Å²) in [6.45, 7) is 8.14. The van der Waals surface area contributed by atoms with Crippen molar-refractivity contribution in [3.8, 4) is 0 Å². The molecule has 0 bridgehead atoms. The van der Waals surface area contributed by atoms with Gasteiger partial charge in [0.15, 0.2) is 0 Å². The van der Waals surface area contributed by atoms with E-state index < -0.39 is 0 Å². The van der Waals surface area contributed by atoms with Crippen molar-refractivity contribution in [2.45, 2.75) is 20.4 Å². The summed E-state index contributed by atoms with van der Waals surface area (Å²) in [6, 6.07) is 6.61. The second-order valence-electron chi connectivity index (χ2n) is 4.40. The molecule has 2 nitrogen and oxygen atoms in total. The van der Waals surface area contributed by atoms with Crippen LogP contribution in [0.4, 0.5) is 4.39 Å².